The predicted octanol–water partition coefficient (Wildman–Crippen LogP) is 0.978. The molecule has 8 nitrogen and oxygen atoms in total. The average molecular weight is 454 g/mol. The predicted molar refractivity (Wildman–Crippen MR) is 123 cm³/mol. The van der Waals surface area contributed by atoms with Crippen molar-refractivity contribution in [1.29, 1.82) is 0 Å². The lowest BCUT2D eigenvalue weighted by Gasteiger charge is -2.54. The Morgan fingerprint density at radius 3 is 2.39 bits per heavy atom. The second-order valence-corrected chi connectivity index (χ2v) is 10.9. The van der Waals surface area contributed by atoms with Crippen molar-refractivity contribution >= 4 is 29.7 Å². The van der Waals surface area contributed by atoms with E-state index in [2.05, 4.69) is 20.3 Å². The van der Waals surface area contributed by atoms with Gasteiger partial charge in [0.25, 0.3) is 0 Å². The van der Waals surface area contributed by atoms with Crippen molar-refractivity contribution in [3.8, 4) is 0 Å². The van der Waals surface area contributed by atoms with E-state index >= 15 is 0 Å². The molecule has 1 saturated carbocycles. The van der Waals surface area contributed by atoms with Crippen LogP contribution in [0, 0.1) is 11.3 Å². The summed E-state index contributed by atoms with van der Waals surface area (Å²) < 4.78 is 2.57. The van der Waals surface area contributed by atoms with Gasteiger partial charge in [0, 0.05) is 31.4 Å². The number of rotatable bonds is 9. The number of nitrogens with zero attached hydrogens (tertiary/aromatic N) is 2. The maximum atomic E-state index is 12.7. The first kappa shape index (κ1) is 24.3. The fraction of sp³-hybridized carbons (Fsp3) is 0.864. The van der Waals surface area contributed by atoms with Crippen molar-refractivity contribution in [3.63, 3.8) is 0 Å². The molecule has 2 aliphatic heterocycles. The van der Waals surface area contributed by atoms with Gasteiger partial charge in [0.05, 0.1) is 13.1 Å². The van der Waals surface area contributed by atoms with Gasteiger partial charge in [-0.05, 0) is 56.9 Å². The van der Waals surface area contributed by atoms with Gasteiger partial charge in [0.15, 0.2) is 0 Å². The number of amides is 3. The molecule has 0 radical (unpaired) electrons. The molecule has 176 valence electrons. The van der Waals surface area contributed by atoms with Gasteiger partial charge in [-0.15, -0.1) is 0 Å². The summed E-state index contributed by atoms with van der Waals surface area (Å²) in [6.07, 6.45) is 6.51. The van der Waals surface area contributed by atoms with E-state index in [1.165, 1.54) is 31.6 Å². The van der Waals surface area contributed by atoms with Gasteiger partial charge in [-0.3, -0.25) is 14.4 Å². The summed E-state index contributed by atoms with van der Waals surface area (Å²) in [5.41, 5.74) is 0.424. The maximum Gasteiger partial charge on any atom is 0.243 e. The highest BCUT2D eigenvalue weighted by atomic mass is 32.2. The minimum absolute atomic E-state index is 0.00459. The van der Waals surface area contributed by atoms with Gasteiger partial charge in [-0.2, -0.15) is 0 Å². The summed E-state index contributed by atoms with van der Waals surface area (Å²) in [5.74, 6) is 0.977. The van der Waals surface area contributed by atoms with Gasteiger partial charge in [-0.1, -0.05) is 25.8 Å². The van der Waals surface area contributed by atoms with Crippen molar-refractivity contribution in [2.24, 2.45) is 11.3 Å². The standard InChI is InChI=1S/C22H39N5O3S/c1-16(2)11-18(25-19(28)14-23-3)21(30)24-15-20(29)26-8-5-22(6-9-26)12-17(13-22)27-7-4-10-31-27/h16-18,23H,4-15H2,1-3H3,(H,24,30)(H,25,28). The summed E-state index contributed by atoms with van der Waals surface area (Å²) in [6, 6.07) is 0.110. The van der Waals surface area contributed by atoms with Crippen molar-refractivity contribution < 1.29 is 14.4 Å². The third-order valence-electron chi connectivity index (χ3n) is 6.81. The summed E-state index contributed by atoms with van der Waals surface area (Å²) in [7, 11) is 1.69. The van der Waals surface area contributed by atoms with Crippen LogP contribution in [0.3, 0.4) is 0 Å². The van der Waals surface area contributed by atoms with Gasteiger partial charge in [0.2, 0.25) is 17.7 Å². The molecule has 0 aromatic heterocycles. The summed E-state index contributed by atoms with van der Waals surface area (Å²) in [4.78, 5) is 39.1. The van der Waals surface area contributed by atoms with E-state index in [-0.39, 0.29) is 36.7 Å². The van der Waals surface area contributed by atoms with Crippen LogP contribution in [0.2, 0.25) is 0 Å². The van der Waals surface area contributed by atoms with Crippen LogP contribution in [0.5, 0.6) is 0 Å². The number of piperidine rings is 1. The number of carbonyl (C=O) groups is 3. The first-order valence-corrected chi connectivity index (χ1v) is 12.7. The van der Waals surface area contributed by atoms with Crippen LogP contribution in [-0.2, 0) is 14.4 Å². The van der Waals surface area contributed by atoms with Crippen molar-refractivity contribution in [2.75, 3.05) is 45.5 Å². The van der Waals surface area contributed by atoms with Crippen LogP contribution in [0.15, 0.2) is 0 Å². The zero-order valence-electron chi connectivity index (χ0n) is 19.2. The molecule has 3 N–H and O–H groups in total. The van der Waals surface area contributed by atoms with E-state index in [4.69, 9.17) is 0 Å². The van der Waals surface area contributed by atoms with Gasteiger partial charge >= 0.3 is 0 Å². The van der Waals surface area contributed by atoms with E-state index in [0.717, 1.165) is 32.0 Å². The van der Waals surface area contributed by atoms with Crippen molar-refractivity contribution in [3.05, 3.63) is 0 Å². The Hall–Kier alpha value is -1.32. The van der Waals surface area contributed by atoms with Crippen LogP contribution in [0.25, 0.3) is 0 Å². The monoisotopic (exact) mass is 453 g/mol. The van der Waals surface area contributed by atoms with Gasteiger partial charge in [-0.25, -0.2) is 4.31 Å². The molecule has 1 aliphatic carbocycles. The molecule has 0 aromatic rings. The second-order valence-electron chi connectivity index (χ2n) is 9.77. The zero-order valence-corrected chi connectivity index (χ0v) is 20.1. The van der Waals surface area contributed by atoms with Crippen LogP contribution < -0.4 is 16.0 Å². The van der Waals surface area contributed by atoms with E-state index < -0.39 is 6.04 Å². The highest BCUT2D eigenvalue weighted by molar-refractivity contribution is 7.97. The first-order valence-electron chi connectivity index (χ1n) is 11.7. The Bertz CT molecular complexity index is 637. The van der Waals surface area contributed by atoms with Crippen molar-refractivity contribution in [1.82, 2.24) is 25.2 Å². The Kier molecular flexibility index (Phi) is 8.64. The molecule has 3 fully saturated rings. The Labute approximate surface area is 190 Å². The van der Waals surface area contributed by atoms with Gasteiger partial charge in [0.1, 0.15) is 6.04 Å². The SMILES string of the molecule is CNCC(=O)NC(CC(C)C)C(=O)NCC(=O)N1CCC2(CC1)CC(N1CCCS1)C2. The number of hydrogen-bond acceptors (Lipinski definition) is 6. The lowest BCUT2D eigenvalue weighted by atomic mass is 9.60. The lowest BCUT2D eigenvalue weighted by molar-refractivity contribution is -0.137. The lowest BCUT2D eigenvalue weighted by Crippen LogP contribution is -2.55. The first-order chi connectivity index (χ1) is 14.8. The van der Waals surface area contributed by atoms with Gasteiger partial charge < -0.3 is 20.9 Å². The third-order valence-corrected chi connectivity index (χ3v) is 8.09. The molecule has 3 aliphatic rings. The molecule has 3 rings (SSSR count). The Balaban J connectivity index is 1.39. The van der Waals surface area contributed by atoms with E-state index in [9.17, 15) is 14.4 Å². The number of nitrogens with one attached hydrogen (secondary N) is 3. The number of carbonyl (C=O) groups excluding carboxylic acids is 3. The largest absolute Gasteiger partial charge is 0.345 e. The summed E-state index contributed by atoms with van der Waals surface area (Å²) >= 11 is 2.00. The molecule has 3 amide bonds. The Morgan fingerprint density at radius 2 is 1.81 bits per heavy atom. The summed E-state index contributed by atoms with van der Waals surface area (Å²) in [5, 5.41) is 8.30. The molecule has 1 atom stereocenters. The quantitative estimate of drug-likeness (QED) is 0.451. The molecular weight excluding hydrogens is 414 g/mol. The molecule has 1 unspecified atom stereocenters. The summed E-state index contributed by atoms with van der Waals surface area (Å²) in [6.45, 7) is 6.96. The number of likely N-dealkylation sites (tertiary alicyclic amines) is 1. The number of hydrogen-bond donors (Lipinski definition) is 3. The molecule has 31 heavy (non-hydrogen) atoms. The highest BCUT2D eigenvalue weighted by Gasteiger charge is 2.48. The molecule has 0 bridgehead atoms. The molecule has 2 saturated heterocycles. The van der Waals surface area contributed by atoms with E-state index in [1.54, 1.807) is 7.05 Å². The minimum Gasteiger partial charge on any atom is -0.345 e. The molecular formula is C22H39N5O3S. The van der Waals surface area contributed by atoms with Crippen LogP contribution in [0.1, 0.15) is 52.4 Å². The third kappa shape index (κ3) is 6.58. The van der Waals surface area contributed by atoms with Crippen LogP contribution in [0.4, 0.5) is 0 Å². The van der Waals surface area contributed by atoms with Crippen LogP contribution in [-0.4, -0.2) is 84.5 Å². The highest BCUT2D eigenvalue weighted by Crippen LogP contribution is 2.52. The topological polar surface area (TPSA) is 93.8 Å². The number of likely N-dealkylation sites (N-methyl/N-ethyl adjacent to an activating group) is 1. The molecule has 2 heterocycles. The van der Waals surface area contributed by atoms with E-state index in [0.29, 0.717) is 11.8 Å². The second kappa shape index (κ2) is 11.0. The zero-order chi connectivity index (χ0) is 22.4. The Morgan fingerprint density at radius 1 is 1.10 bits per heavy atom. The maximum absolute atomic E-state index is 12.7. The molecule has 9 heteroatoms. The fourth-order valence-corrected chi connectivity index (χ4v) is 6.15. The molecule has 0 aromatic carbocycles. The van der Waals surface area contributed by atoms with Crippen molar-refractivity contribution in [2.45, 2.75) is 64.5 Å². The normalized spacial score (nSPS) is 22.4. The smallest absolute Gasteiger partial charge is 0.243 e. The average Bonchev–Trinajstić information content (AvgIpc) is 3.24. The minimum atomic E-state index is -0.617. The van der Waals surface area contributed by atoms with E-state index in [1.807, 2.05) is 30.7 Å². The van der Waals surface area contributed by atoms with Crippen LogP contribution >= 0.6 is 11.9 Å². The fourth-order valence-electron chi connectivity index (χ4n) is 5.04. The molecule has 1 spiro atoms.